The molecule has 1 atom stereocenters. The van der Waals surface area contributed by atoms with E-state index in [2.05, 4.69) is 32.0 Å². The first-order valence-electron chi connectivity index (χ1n) is 11.4. The summed E-state index contributed by atoms with van der Waals surface area (Å²) >= 11 is 1.24. The van der Waals surface area contributed by atoms with Gasteiger partial charge in [0.1, 0.15) is 20.8 Å². The number of nitrogens with zero attached hydrogens (tertiary/aromatic N) is 4. The van der Waals surface area contributed by atoms with Crippen LogP contribution in [-0.4, -0.2) is 58.3 Å². The molecule has 0 radical (unpaired) electrons. The van der Waals surface area contributed by atoms with Crippen LogP contribution in [0.1, 0.15) is 30.7 Å². The van der Waals surface area contributed by atoms with E-state index >= 15 is 0 Å². The van der Waals surface area contributed by atoms with Gasteiger partial charge in [0.05, 0.1) is 25.9 Å². The topological polar surface area (TPSA) is 102 Å². The highest BCUT2D eigenvalue weighted by atomic mass is 32.1. The second-order valence-corrected chi connectivity index (χ2v) is 9.49. The van der Waals surface area contributed by atoms with E-state index in [0.717, 1.165) is 44.6 Å². The van der Waals surface area contributed by atoms with Crippen molar-refractivity contribution in [1.29, 1.82) is 0 Å². The SMILES string of the molecule is COc1cnc2sc3c(=O)n(CCCCN4CC[C@H](c5ccccc5OC)C4)c(=O)[nH]c3c2n1. The van der Waals surface area contributed by atoms with Crippen molar-refractivity contribution in [2.75, 3.05) is 33.9 Å². The van der Waals surface area contributed by atoms with E-state index in [9.17, 15) is 9.59 Å². The highest BCUT2D eigenvalue weighted by Crippen LogP contribution is 2.33. The summed E-state index contributed by atoms with van der Waals surface area (Å²) < 4.78 is 12.4. The van der Waals surface area contributed by atoms with E-state index in [1.54, 1.807) is 7.11 Å². The quantitative estimate of drug-likeness (QED) is 0.386. The Balaban J connectivity index is 1.23. The van der Waals surface area contributed by atoms with Gasteiger partial charge < -0.3 is 19.4 Å². The summed E-state index contributed by atoms with van der Waals surface area (Å²) in [5, 5.41) is 0. The summed E-state index contributed by atoms with van der Waals surface area (Å²) in [5.41, 5.74) is 1.47. The van der Waals surface area contributed by atoms with Crippen LogP contribution in [0.4, 0.5) is 0 Å². The van der Waals surface area contributed by atoms with Crippen molar-refractivity contribution in [2.24, 2.45) is 0 Å². The Labute approximate surface area is 200 Å². The van der Waals surface area contributed by atoms with Crippen molar-refractivity contribution in [1.82, 2.24) is 24.4 Å². The average Bonchev–Trinajstić information content (AvgIpc) is 3.48. The van der Waals surface area contributed by atoms with E-state index in [0.29, 0.717) is 38.9 Å². The first-order chi connectivity index (χ1) is 16.6. The Morgan fingerprint density at radius 1 is 1.15 bits per heavy atom. The van der Waals surface area contributed by atoms with Crippen LogP contribution in [0.25, 0.3) is 20.6 Å². The number of aromatic nitrogens is 4. The molecule has 5 rings (SSSR count). The summed E-state index contributed by atoms with van der Waals surface area (Å²) in [6.45, 7) is 3.36. The molecule has 1 saturated heterocycles. The molecule has 10 heteroatoms. The van der Waals surface area contributed by atoms with Crippen LogP contribution in [0.15, 0.2) is 40.1 Å². The van der Waals surface area contributed by atoms with Gasteiger partial charge in [-0.3, -0.25) is 9.36 Å². The lowest BCUT2D eigenvalue weighted by molar-refractivity contribution is 0.320. The molecule has 1 aliphatic heterocycles. The number of hydrogen-bond donors (Lipinski definition) is 1. The molecule has 9 nitrogen and oxygen atoms in total. The van der Waals surface area contributed by atoms with Crippen LogP contribution in [0.3, 0.4) is 0 Å². The van der Waals surface area contributed by atoms with Gasteiger partial charge in [-0.05, 0) is 44.0 Å². The number of unbranched alkanes of at least 4 members (excludes halogenated alkanes) is 1. The molecule has 1 aromatic carbocycles. The van der Waals surface area contributed by atoms with E-state index in [1.807, 2.05) is 12.1 Å². The maximum Gasteiger partial charge on any atom is 0.328 e. The summed E-state index contributed by atoms with van der Waals surface area (Å²) in [6.07, 6.45) is 4.27. The number of hydrogen-bond acceptors (Lipinski definition) is 8. The molecule has 0 spiro atoms. The van der Waals surface area contributed by atoms with E-state index in [4.69, 9.17) is 9.47 Å². The molecular weight excluding hydrogens is 454 g/mol. The van der Waals surface area contributed by atoms with Crippen LogP contribution >= 0.6 is 11.3 Å². The van der Waals surface area contributed by atoms with Crippen LogP contribution < -0.4 is 20.7 Å². The predicted octanol–water partition coefficient (Wildman–Crippen LogP) is 2.98. The third-order valence-electron chi connectivity index (χ3n) is 6.46. The van der Waals surface area contributed by atoms with E-state index < -0.39 is 5.69 Å². The van der Waals surface area contributed by atoms with Crippen LogP contribution in [-0.2, 0) is 6.54 Å². The number of nitrogens with one attached hydrogen (secondary N) is 1. The maximum atomic E-state index is 13.0. The third-order valence-corrected chi connectivity index (χ3v) is 7.54. The molecule has 0 amide bonds. The fraction of sp³-hybridized carbons (Fsp3) is 0.417. The lowest BCUT2D eigenvalue weighted by Crippen LogP contribution is -2.34. The van der Waals surface area contributed by atoms with Gasteiger partial charge in [-0.25, -0.2) is 14.8 Å². The zero-order chi connectivity index (χ0) is 23.7. The molecule has 1 aliphatic rings. The Morgan fingerprint density at radius 3 is 2.79 bits per heavy atom. The highest BCUT2D eigenvalue weighted by molar-refractivity contribution is 7.25. The van der Waals surface area contributed by atoms with Crippen molar-refractivity contribution in [3.63, 3.8) is 0 Å². The summed E-state index contributed by atoms with van der Waals surface area (Å²) in [5.74, 6) is 1.76. The minimum atomic E-state index is -0.417. The zero-order valence-electron chi connectivity index (χ0n) is 19.2. The van der Waals surface area contributed by atoms with Crippen molar-refractivity contribution in [3.05, 3.63) is 56.9 Å². The molecule has 0 bridgehead atoms. The maximum absolute atomic E-state index is 13.0. The molecule has 3 aromatic heterocycles. The highest BCUT2D eigenvalue weighted by Gasteiger charge is 2.25. The lowest BCUT2D eigenvalue weighted by atomic mass is 9.97. The molecule has 1 N–H and O–H groups in total. The van der Waals surface area contributed by atoms with Crippen LogP contribution in [0.5, 0.6) is 11.6 Å². The Bertz CT molecular complexity index is 1440. The Kier molecular flexibility index (Phi) is 6.34. The van der Waals surface area contributed by atoms with Crippen molar-refractivity contribution in [3.8, 4) is 11.6 Å². The molecule has 34 heavy (non-hydrogen) atoms. The summed E-state index contributed by atoms with van der Waals surface area (Å²) in [4.78, 5) is 40.2. The number of methoxy groups -OCH3 is 2. The van der Waals surface area contributed by atoms with Gasteiger partial charge in [-0.1, -0.05) is 18.2 Å². The summed E-state index contributed by atoms with van der Waals surface area (Å²) in [7, 11) is 3.22. The number of H-pyrrole nitrogens is 1. The van der Waals surface area contributed by atoms with E-state index in [1.165, 1.54) is 34.8 Å². The van der Waals surface area contributed by atoms with Gasteiger partial charge in [0.25, 0.3) is 5.56 Å². The minimum absolute atomic E-state index is 0.292. The van der Waals surface area contributed by atoms with Crippen LogP contribution in [0, 0.1) is 0 Å². The standard InChI is InChI=1S/C24H27N5O4S/c1-32-17-8-4-3-7-16(17)15-9-12-28(14-15)10-5-6-11-29-23(30)21-19(27-24(29)31)20-22(34-21)25-13-18(26-20)33-2/h3-4,7-8,13,15H,5-6,9-12,14H2,1-2H3,(H,27,31)/t15-/m0/s1. The lowest BCUT2D eigenvalue weighted by Gasteiger charge is -2.17. The van der Waals surface area contributed by atoms with Crippen molar-refractivity contribution >= 4 is 31.9 Å². The monoisotopic (exact) mass is 481 g/mol. The number of rotatable bonds is 8. The molecule has 0 aliphatic carbocycles. The van der Waals surface area contributed by atoms with Gasteiger partial charge in [0.2, 0.25) is 5.88 Å². The Morgan fingerprint density at radius 2 is 1.97 bits per heavy atom. The van der Waals surface area contributed by atoms with Gasteiger partial charge in [0.15, 0.2) is 0 Å². The first-order valence-corrected chi connectivity index (χ1v) is 12.2. The number of aromatic amines is 1. The first kappa shape index (κ1) is 22.5. The number of fused-ring (bicyclic) bond motifs is 3. The van der Waals surface area contributed by atoms with Crippen LogP contribution in [0.2, 0.25) is 0 Å². The van der Waals surface area contributed by atoms with Gasteiger partial charge >= 0.3 is 5.69 Å². The molecule has 178 valence electrons. The van der Waals surface area contributed by atoms with Crippen molar-refractivity contribution < 1.29 is 9.47 Å². The number of benzene rings is 1. The zero-order valence-corrected chi connectivity index (χ0v) is 20.1. The third kappa shape index (κ3) is 4.19. The number of para-hydroxylation sites is 1. The summed E-state index contributed by atoms with van der Waals surface area (Å²) in [6, 6.07) is 8.23. The average molecular weight is 482 g/mol. The number of ether oxygens (including phenoxy) is 2. The molecule has 0 unspecified atom stereocenters. The molecule has 4 aromatic rings. The minimum Gasteiger partial charge on any atom is -0.496 e. The second kappa shape index (κ2) is 9.55. The number of thiophene rings is 1. The van der Waals surface area contributed by atoms with Crippen molar-refractivity contribution in [2.45, 2.75) is 31.7 Å². The predicted molar refractivity (Wildman–Crippen MR) is 132 cm³/mol. The van der Waals surface area contributed by atoms with E-state index in [-0.39, 0.29) is 5.56 Å². The van der Waals surface area contributed by atoms with Gasteiger partial charge in [-0.15, -0.1) is 11.3 Å². The fourth-order valence-electron chi connectivity index (χ4n) is 4.71. The molecule has 4 heterocycles. The normalized spacial score (nSPS) is 16.5. The van der Waals surface area contributed by atoms with Gasteiger partial charge in [0, 0.05) is 19.0 Å². The smallest absolute Gasteiger partial charge is 0.328 e. The van der Waals surface area contributed by atoms with Gasteiger partial charge in [-0.2, -0.15) is 0 Å². The second-order valence-electron chi connectivity index (χ2n) is 8.49. The largest absolute Gasteiger partial charge is 0.496 e. The molecular formula is C24H27N5O4S. The molecule has 0 saturated carbocycles. The molecule has 1 fully saturated rings. The Hall–Kier alpha value is -3.24. The fourth-order valence-corrected chi connectivity index (χ4v) is 5.70. The number of likely N-dealkylation sites (tertiary alicyclic amines) is 1.